The van der Waals surface area contributed by atoms with Gasteiger partial charge in [-0.2, -0.15) is 0 Å². The summed E-state index contributed by atoms with van der Waals surface area (Å²) in [5, 5.41) is 3.62. The lowest BCUT2D eigenvalue weighted by Crippen LogP contribution is -2.53. The Hall–Kier alpha value is -4.83. The Morgan fingerprint density at radius 3 is 1.92 bits per heavy atom. The summed E-state index contributed by atoms with van der Waals surface area (Å²) in [6, 6.07) is 36.9. The Morgan fingerprint density at radius 2 is 1.31 bits per heavy atom. The van der Waals surface area contributed by atoms with Crippen molar-refractivity contribution < 1.29 is 22.7 Å². The Morgan fingerprint density at radius 1 is 0.725 bits per heavy atom. The number of benzene rings is 5. The Balaban J connectivity index is 1.56. The first-order valence-electron chi connectivity index (χ1n) is 16.5. The molecule has 5 aromatic carbocycles. The zero-order chi connectivity index (χ0) is 36.4. The monoisotopic (exact) mass is 743 g/mol. The molecular formula is C40H39Cl2N3O5S. The molecule has 264 valence electrons. The van der Waals surface area contributed by atoms with E-state index in [-0.39, 0.29) is 40.4 Å². The summed E-state index contributed by atoms with van der Waals surface area (Å²) in [7, 11) is -4.26. The second-order valence-corrected chi connectivity index (χ2v) is 15.0. The molecule has 0 fully saturated rings. The van der Waals surface area contributed by atoms with Gasteiger partial charge in [-0.1, -0.05) is 110 Å². The first kappa shape index (κ1) is 37.4. The van der Waals surface area contributed by atoms with Crippen LogP contribution in [0.1, 0.15) is 25.0 Å². The first-order valence-corrected chi connectivity index (χ1v) is 18.7. The summed E-state index contributed by atoms with van der Waals surface area (Å²) >= 11 is 12.6. The van der Waals surface area contributed by atoms with Crippen molar-refractivity contribution in [3.63, 3.8) is 0 Å². The number of amides is 2. The van der Waals surface area contributed by atoms with Crippen LogP contribution in [0.15, 0.2) is 138 Å². The van der Waals surface area contributed by atoms with Crippen molar-refractivity contribution in [2.75, 3.05) is 17.4 Å². The van der Waals surface area contributed by atoms with E-state index >= 15 is 0 Å². The van der Waals surface area contributed by atoms with Crippen LogP contribution in [0.4, 0.5) is 5.69 Å². The lowest BCUT2D eigenvalue weighted by Gasteiger charge is -2.34. The van der Waals surface area contributed by atoms with Gasteiger partial charge < -0.3 is 15.0 Å². The number of hydrogen-bond donors (Lipinski definition) is 1. The van der Waals surface area contributed by atoms with Gasteiger partial charge in [0.25, 0.3) is 10.0 Å². The summed E-state index contributed by atoms with van der Waals surface area (Å²) < 4.78 is 35.6. The predicted molar refractivity (Wildman–Crippen MR) is 203 cm³/mol. The van der Waals surface area contributed by atoms with Crippen molar-refractivity contribution in [2.24, 2.45) is 5.92 Å². The number of nitrogens with zero attached hydrogens (tertiary/aromatic N) is 2. The highest BCUT2D eigenvalue weighted by Crippen LogP contribution is 2.29. The molecule has 0 aliphatic heterocycles. The molecule has 11 heteroatoms. The standard InChI is InChI=1S/C40H39Cl2N3O5S/c1-29(2)26-43-40(47)38(25-30-12-6-3-7-13-30)44(27-31-18-23-36(41)37(42)24-31)39(46)28-45(51(48,49)35-16-10-5-11-17-35)32-19-21-34(22-20-32)50-33-14-8-4-9-15-33/h3-24,29,38H,25-28H2,1-2H3,(H,43,47)/t38-/m1/s1. The molecule has 0 aliphatic carbocycles. The van der Waals surface area contributed by atoms with Gasteiger partial charge in [0.2, 0.25) is 11.8 Å². The number of ether oxygens (including phenoxy) is 1. The lowest BCUT2D eigenvalue weighted by atomic mass is 10.0. The fourth-order valence-corrected chi connectivity index (χ4v) is 7.12. The van der Waals surface area contributed by atoms with E-state index in [1.54, 1.807) is 60.7 Å². The van der Waals surface area contributed by atoms with Crippen molar-refractivity contribution in [2.45, 2.75) is 37.8 Å². The smallest absolute Gasteiger partial charge is 0.264 e. The van der Waals surface area contributed by atoms with Crippen LogP contribution in [0.5, 0.6) is 11.5 Å². The van der Waals surface area contributed by atoms with Crippen LogP contribution in [0.25, 0.3) is 0 Å². The van der Waals surface area contributed by atoms with Crippen molar-refractivity contribution >= 4 is 50.7 Å². The van der Waals surface area contributed by atoms with Crippen LogP contribution in [0.2, 0.25) is 10.0 Å². The summed E-state index contributed by atoms with van der Waals surface area (Å²) in [6.45, 7) is 3.72. The molecule has 51 heavy (non-hydrogen) atoms. The zero-order valence-corrected chi connectivity index (χ0v) is 30.6. The van der Waals surface area contributed by atoms with E-state index in [9.17, 15) is 18.0 Å². The number of carbonyl (C=O) groups excluding carboxylic acids is 2. The average molecular weight is 745 g/mol. The molecule has 8 nitrogen and oxygen atoms in total. The molecule has 0 radical (unpaired) electrons. The maximum atomic E-state index is 14.7. The number of rotatable bonds is 15. The van der Waals surface area contributed by atoms with Crippen LogP contribution in [-0.4, -0.2) is 44.3 Å². The molecular weight excluding hydrogens is 705 g/mol. The first-order chi connectivity index (χ1) is 24.5. The van der Waals surface area contributed by atoms with Gasteiger partial charge >= 0.3 is 0 Å². The van der Waals surface area contributed by atoms with E-state index < -0.39 is 28.5 Å². The summed E-state index contributed by atoms with van der Waals surface area (Å²) in [5.74, 6) is 0.309. The fraction of sp³-hybridized carbons (Fsp3) is 0.200. The quantitative estimate of drug-likeness (QED) is 0.116. The Bertz CT molecular complexity index is 2010. The molecule has 1 atom stereocenters. The van der Waals surface area contributed by atoms with E-state index in [1.165, 1.54) is 17.0 Å². The number of para-hydroxylation sites is 1. The summed E-state index contributed by atoms with van der Waals surface area (Å²) in [4.78, 5) is 30.1. The molecule has 0 saturated carbocycles. The molecule has 0 aromatic heterocycles. The molecule has 0 unspecified atom stereocenters. The van der Waals surface area contributed by atoms with E-state index in [1.807, 2.05) is 74.5 Å². The van der Waals surface area contributed by atoms with Crippen molar-refractivity contribution in [3.8, 4) is 11.5 Å². The van der Waals surface area contributed by atoms with Crippen molar-refractivity contribution in [1.82, 2.24) is 10.2 Å². The SMILES string of the molecule is CC(C)CNC(=O)[C@@H](Cc1ccccc1)N(Cc1ccc(Cl)c(Cl)c1)C(=O)CN(c1ccc(Oc2ccccc2)cc1)S(=O)(=O)c1ccccc1. The maximum absolute atomic E-state index is 14.7. The number of carbonyl (C=O) groups is 2. The van der Waals surface area contributed by atoms with Gasteiger partial charge in [0.1, 0.15) is 24.1 Å². The van der Waals surface area contributed by atoms with Crippen LogP contribution in [0, 0.1) is 5.92 Å². The summed E-state index contributed by atoms with van der Waals surface area (Å²) in [5.41, 5.74) is 1.69. The maximum Gasteiger partial charge on any atom is 0.264 e. The average Bonchev–Trinajstić information content (AvgIpc) is 3.14. The topological polar surface area (TPSA) is 96.0 Å². The van der Waals surface area contributed by atoms with E-state index in [4.69, 9.17) is 27.9 Å². The van der Waals surface area contributed by atoms with Crippen LogP contribution in [-0.2, 0) is 32.6 Å². The molecule has 5 aromatic rings. The van der Waals surface area contributed by atoms with Crippen LogP contribution >= 0.6 is 23.2 Å². The van der Waals surface area contributed by atoms with Crippen molar-refractivity contribution in [1.29, 1.82) is 0 Å². The second kappa shape index (κ2) is 17.4. The van der Waals surface area contributed by atoms with Gasteiger partial charge in [0.15, 0.2) is 0 Å². The third kappa shape index (κ3) is 10.1. The van der Waals surface area contributed by atoms with Gasteiger partial charge in [-0.25, -0.2) is 8.42 Å². The molecule has 0 spiro atoms. The lowest BCUT2D eigenvalue weighted by molar-refractivity contribution is -0.140. The van der Waals surface area contributed by atoms with E-state index in [0.717, 1.165) is 9.87 Å². The van der Waals surface area contributed by atoms with Gasteiger partial charge in [0, 0.05) is 19.5 Å². The number of anilines is 1. The van der Waals surface area contributed by atoms with Crippen LogP contribution in [0.3, 0.4) is 0 Å². The van der Waals surface area contributed by atoms with Gasteiger partial charge in [-0.3, -0.25) is 13.9 Å². The molecule has 2 amide bonds. The number of sulfonamides is 1. The van der Waals surface area contributed by atoms with Gasteiger partial charge in [0.05, 0.1) is 20.6 Å². The van der Waals surface area contributed by atoms with Crippen LogP contribution < -0.4 is 14.4 Å². The van der Waals surface area contributed by atoms with Crippen molar-refractivity contribution in [3.05, 3.63) is 155 Å². The Kier molecular flexibility index (Phi) is 12.8. The predicted octanol–water partition coefficient (Wildman–Crippen LogP) is 8.39. The minimum Gasteiger partial charge on any atom is -0.457 e. The zero-order valence-electron chi connectivity index (χ0n) is 28.3. The molecule has 0 aliphatic rings. The summed E-state index contributed by atoms with van der Waals surface area (Å²) in [6.07, 6.45) is 0.189. The fourth-order valence-electron chi connectivity index (χ4n) is 5.36. The molecule has 5 rings (SSSR count). The molecule has 0 heterocycles. The Labute approximate surface area is 309 Å². The minimum atomic E-state index is -4.26. The highest BCUT2D eigenvalue weighted by atomic mass is 35.5. The molecule has 1 N–H and O–H groups in total. The normalized spacial score (nSPS) is 11.9. The molecule has 0 bridgehead atoms. The number of halogens is 2. The van der Waals surface area contributed by atoms with E-state index in [0.29, 0.717) is 28.6 Å². The third-order valence-corrected chi connectivity index (χ3v) is 10.5. The number of nitrogens with one attached hydrogen (secondary N) is 1. The minimum absolute atomic E-state index is 0.00829. The highest BCUT2D eigenvalue weighted by Gasteiger charge is 2.34. The van der Waals surface area contributed by atoms with Gasteiger partial charge in [-0.05, 0) is 77.7 Å². The largest absolute Gasteiger partial charge is 0.457 e. The second-order valence-electron chi connectivity index (χ2n) is 12.3. The number of hydrogen-bond acceptors (Lipinski definition) is 5. The van der Waals surface area contributed by atoms with E-state index in [2.05, 4.69) is 5.32 Å². The third-order valence-electron chi connectivity index (χ3n) is 8.01. The van der Waals surface area contributed by atoms with Gasteiger partial charge in [-0.15, -0.1) is 0 Å². The highest BCUT2D eigenvalue weighted by molar-refractivity contribution is 7.92. The molecule has 0 saturated heterocycles.